The van der Waals surface area contributed by atoms with Crippen LogP contribution in [0.5, 0.6) is 0 Å². The molecule has 0 aliphatic carbocycles. The van der Waals surface area contributed by atoms with Crippen molar-refractivity contribution in [2.24, 2.45) is 0 Å². The van der Waals surface area contributed by atoms with E-state index in [9.17, 15) is 0 Å². The molecule has 0 saturated carbocycles. The first-order valence-electron chi connectivity index (χ1n) is 6.89. The Kier molecular flexibility index (Phi) is 6.75. The van der Waals surface area contributed by atoms with Crippen molar-refractivity contribution in [1.29, 1.82) is 0 Å². The highest BCUT2D eigenvalue weighted by atomic mass is 79.9. The van der Waals surface area contributed by atoms with Crippen molar-refractivity contribution in [1.82, 2.24) is 5.32 Å². The second kappa shape index (κ2) is 8.32. The van der Waals surface area contributed by atoms with E-state index in [1.54, 1.807) is 0 Å². The number of hydrogen-bond donors (Lipinski definition) is 1. The van der Waals surface area contributed by atoms with Crippen molar-refractivity contribution >= 4 is 43.2 Å². The molecular formula is C16H19Br2NS. The maximum absolute atomic E-state index is 3.67. The molecule has 0 saturated heterocycles. The number of thiophene rings is 1. The number of halogens is 2. The van der Waals surface area contributed by atoms with E-state index in [0.29, 0.717) is 6.04 Å². The zero-order valence-corrected chi connectivity index (χ0v) is 15.5. The third-order valence-electron chi connectivity index (χ3n) is 3.15. The number of nitrogens with one attached hydrogen (secondary N) is 1. The van der Waals surface area contributed by atoms with Gasteiger partial charge in [0.2, 0.25) is 0 Å². The van der Waals surface area contributed by atoms with Gasteiger partial charge in [-0.1, -0.05) is 35.0 Å². The van der Waals surface area contributed by atoms with Crippen molar-refractivity contribution in [2.45, 2.75) is 32.2 Å². The minimum atomic E-state index is 0.502. The Hall–Kier alpha value is -0.160. The highest BCUT2D eigenvalue weighted by Crippen LogP contribution is 2.24. The molecule has 1 aromatic heterocycles. The molecule has 1 heterocycles. The lowest BCUT2D eigenvalue weighted by Crippen LogP contribution is -2.33. The van der Waals surface area contributed by atoms with Gasteiger partial charge >= 0.3 is 0 Å². The van der Waals surface area contributed by atoms with Gasteiger partial charge < -0.3 is 5.32 Å². The minimum Gasteiger partial charge on any atom is -0.313 e. The Morgan fingerprint density at radius 1 is 1.05 bits per heavy atom. The van der Waals surface area contributed by atoms with E-state index in [2.05, 4.69) is 80.5 Å². The van der Waals surface area contributed by atoms with Gasteiger partial charge in [0.05, 0.1) is 3.79 Å². The number of benzene rings is 1. The third-order valence-corrected chi connectivity index (χ3v) is 5.33. The van der Waals surface area contributed by atoms with Gasteiger partial charge in [-0.15, -0.1) is 11.3 Å². The lowest BCUT2D eigenvalue weighted by atomic mass is 10.0. The summed E-state index contributed by atoms with van der Waals surface area (Å²) in [6.45, 7) is 3.29. The Bertz CT molecular complexity index is 522. The molecule has 0 aliphatic heterocycles. The first-order valence-corrected chi connectivity index (χ1v) is 9.29. The van der Waals surface area contributed by atoms with Crippen LogP contribution in [0.1, 0.15) is 23.8 Å². The van der Waals surface area contributed by atoms with Gasteiger partial charge in [-0.25, -0.2) is 0 Å². The number of rotatable bonds is 7. The van der Waals surface area contributed by atoms with Crippen molar-refractivity contribution in [3.63, 3.8) is 0 Å². The fourth-order valence-corrected chi connectivity index (χ4v) is 4.00. The Morgan fingerprint density at radius 2 is 1.80 bits per heavy atom. The first-order chi connectivity index (χ1) is 9.67. The number of hydrogen-bond acceptors (Lipinski definition) is 2. The van der Waals surface area contributed by atoms with Gasteiger partial charge in [-0.2, -0.15) is 0 Å². The summed E-state index contributed by atoms with van der Waals surface area (Å²) in [5.41, 5.74) is 1.39. The van der Waals surface area contributed by atoms with Gasteiger partial charge in [0.1, 0.15) is 0 Å². The van der Waals surface area contributed by atoms with E-state index in [0.717, 1.165) is 23.9 Å². The molecule has 20 heavy (non-hydrogen) atoms. The van der Waals surface area contributed by atoms with E-state index in [1.807, 2.05) is 11.3 Å². The fraction of sp³-hybridized carbons (Fsp3) is 0.375. The van der Waals surface area contributed by atoms with Crippen LogP contribution in [0.15, 0.2) is 44.7 Å². The summed E-state index contributed by atoms with van der Waals surface area (Å²) in [4.78, 5) is 1.43. The van der Waals surface area contributed by atoms with Crippen LogP contribution in [0.2, 0.25) is 0 Å². The minimum absolute atomic E-state index is 0.502. The average molecular weight is 417 g/mol. The highest BCUT2D eigenvalue weighted by Gasteiger charge is 2.11. The predicted octanol–water partition coefficient (Wildman–Crippen LogP) is 5.43. The standard InChI is InChI=1S/C16H19Br2NS/c1-2-9-19-14(11-15-7-8-16(18)20-15)10-12-3-5-13(17)6-4-12/h3-8,14,19H,2,9-11H2,1H3. The summed E-state index contributed by atoms with van der Waals surface area (Å²) in [7, 11) is 0. The Balaban J connectivity index is 2.00. The van der Waals surface area contributed by atoms with Crippen LogP contribution < -0.4 is 5.32 Å². The molecule has 2 rings (SSSR count). The van der Waals surface area contributed by atoms with Crippen molar-refractivity contribution in [3.05, 3.63) is 55.1 Å². The zero-order valence-electron chi connectivity index (χ0n) is 11.5. The van der Waals surface area contributed by atoms with Crippen molar-refractivity contribution in [3.8, 4) is 0 Å². The predicted molar refractivity (Wildman–Crippen MR) is 95.7 cm³/mol. The first kappa shape index (κ1) is 16.2. The molecule has 108 valence electrons. The van der Waals surface area contributed by atoms with Crippen LogP contribution in [-0.4, -0.2) is 12.6 Å². The van der Waals surface area contributed by atoms with Gasteiger partial charge in [0.15, 0.2) is 0 Å². The van der Waals surface area contributed by atoms with Crippen molar-refractivity contribution < 1.29 is 0 Å². The summed E-state index contributed by atoms with van der Waals surface area (Å²) < 4.78 is 2.35. The van der Waals surface area contributed by atoms with Crippen molar-refractivity contribution in [2.75, 3.05) is 6.54 Å². The summed E-state index contributed by atoms with van der Waals surface area (Å²) in [5, 5.41) is 3.67. The van der Waals surface area contributed by atoms with E-state index in [1.165, 1.54) is 20.6 Å². The van der Waals surface area contributed by atoms with Crippen LogP contribution in [0, 0.1) is 0 Å². The normalized spacial score (nSPS) is 12.6. The topological polar surface area (TPSA) is 12.0 Å². The molecular weight excluding hydrogens is 398 g/mol. The SMILES string of the molecule is CCCNC(Cc1ccc(Br)cc1)Cc1ccc(Br)s1. The summed E-state index contributed by atoms with van der Waals surface area (Å²) >= 11 is 8.87. The smallest absolute Gasteiger partial charge is 0.0701 e. The van der Waals surface area contributed by atoms with Gasteiger partial charge in [-0.05, 0) is 71.6 Å². The van der Waals surface area contributed by atoms with Crippen LogP contribution >= 0.6 is 43.2 Å². The largest absolute Gasteiger partial charge is 0.313 e. The molecule has 1 atom stereocenters. The second-order valence-corrected chi connectivity index (χ2v) is 8.35. The quantitative estimate of drug-likeness (QED) is 0.634. The maximum atomic E-state index is 3.67. The van der Waals surface area contributed by atoms with E-state index < -0.39 is 0 Å². The molecule has 1 N–H and O–H groups in total. The summed E-state index contributed by atoms with van der Waals surface area (Å²) in [6, 6.07) is 13.5. The van der Waals surface area contributed by atoms with Gasteiger partial charge in [-0.3, -0.25) is 0 Å². The van der Waals surface area contributed by atoms with Crippen LogP contribution in [0.4, 0.5) is 0 Å². The Labute approximate surface area is 142 Å². The molecule has 0 spiro atoms. The monoisotopic (exact) mass is 415 g/mol. The molecule has 1 nitrogen and oxygen atoms in total. The second-order valence-electron chi connectivity index (χ2n) is 4.89. The lowest BCUT2D eigenvalue weighted by molar-refractivity contribution is 0.507. The van der Waals surface area contributed by atoms with Crippen LogP contribution in [0.3, 0.4) is 0 Å². The van der Waals surface area contributed by atoms with Crippen LogP contribution in [0.25, 0.3) is 0 Å². The fourth-order valence-electron chi connectivity index (χ4n) is 2.17. The molecule has 0 fully saturated rings. The molecule has 1 aromatic carbocycles. The lowest BCUT2D eigenvalue weighted by Gasteiger charge is -2.18. The maximum Gasteiger partial charge on any atom is 0.0701 e. The third kappa shape index (κ3) is 5.32. The molecule has 0 aliphatic rings. The van der Waals surface area contributed by atoms with E-state index in [4.69, 9.17) is 0 Å². The summed E-state index contributed by atoms with van der Waals surface area (Å²) in [5.74, 6) is 0. The van der Waals surface area contributed by atoms with Gasteiger partial charge in [0, 0.05) is 15.4 Å². The molecule has 0 amide bonds. The zero-order chi connectivity index (χ0) is 14.4. The molecule has 0 radical (unpaired) electrons. The van der Waals surface area contributed by atoms with E-state index in [-0.39, 0.29) is 0 Å². The van der Waals surface area contributed by atoms with E-state index >= 15 is 0 Å². The van der Waals surface area contributed by atoms with Gasteiger partial charge in [0.25, 0.3) is 0 Å². The Morgan fingerprint density at radius 3 is 2.40 bits per heavy atom. The summed E-state index contributed by atoms with van der Waals surface area (Å²) in [6.07, 6.45) is 3.33. The molecule has 0 bridgehead atoms. The highest BCUT2D eigenvalue weighted by molar-refractivity contribution is 9.11. The molecule has 4 heteroatoms. The molecule has 2 aromatic rings. The average Bonchev–Trinajstić information content (AvgIpc) is 2.84. The van der Waals surface area contributed by atoms with Crippen LogP contribution in [-0.2, 0) is 12.8 Å². The molecule has 1 unspecified atom stereocenters.